The smallest absolute Gasteiger partial charge is 0.256 e. The number of nitrogens with one attached hydrogen (secondary N) is 2. The van der Waals surface area contributed by atoms with E-state index in [4.69, 9.17) is 5.11 Å². The maximum atomic E-state index is 12.1. The predicted molar refractivity (Wildman–Crippen MR) is 78.9 cm³/mol. The molecule has 0 aliphatic rings. The van der Waals surface area contributed by atoms with Crippen molar-refractivity contribution < 1.29 is 14.7 Å². The van der Waals surface area contributed by atoms with E-state index in [0.29, 0.717) is 22.8 Å². The van der Waals surface area contributed by atoms with Crippen LogP contribution in [0, 0.1) is 0 Å². The molecule has 0 unspecified atom stereocenters. The Morgan fingerprint density at radius 3 is 2.62 bits per heavy atom. The molecule has 1 aromatic heterocycles. The minimum atomic E-state index is -0.343. The molecule has 21 heavy (non-hydrogen) atoms. The quantitative estimate of drug-likeness (QED) is 0.798. The van der Waals surface area contributed by atoms with Crippen LogP contribution in [0.4, 0.5) is 11.5 Å². The summed E-state index contributed by atoms with van der Waals surface area (Å²) in [5.74, 6) is -0.189. The van der Waals surface area contributed by atoms with Crippen LogP contribution >= 0.6 is 0 Å². The fourth-order valence-corrected chi connectivity index (χ4v) is 1.77. The molecule has 2 amide bonds. The minimum absolute atomic E-state index is 0.193. The van der Waals surface area contributed by atoms with Gasteiger partial charge in [-0.2, -0.15) is 0 Å². The molecule has 0 bridgehead atoms. The van der Waals surface area contributed by atoms with Crippen molar-refractivity contribution in [2.45, 2.75) is 13.5 Å². The van der Waals surface area contributed by atoms with Crippen LogP contribution in [-0.2, 0) is 11.4 Å². The Bertz CT molecular complexity index is 671. The molecule has 0 fully saturated rings. The molecule has 2 rings (SSSR count). The van der Waals surface area contributed by atoms with Crippen molar-refractivity contribution in [3.8, 4) is 0 Å². The Morgan fingerprint density at radius 2 is 1.90 bits per heavy atom. The molecule has 0 radical (unpaired) electrons. The Kier molecular flexibility index (Phi) is 4.63. The third kappa shape index (κ3) is 4.12. The van der Waals surface area contributed by atoms with Crippen molar-refractivity contribution in [3.63, 3.8) is 0 Å². The number of hydrogen-bond donors (Lipinski definition) is 3. The second kappa shape index (κ2) is 6.62. The van der Waals surface area contributed by atoms with E-state index < -0.39 is 0 Å². The SMILES string of the molecule is CC(=O)Nc1cccc(C(=O)Nc2cccc(CO)n2)c1. The van der Waals surface area contributed by atoms with Crippen LogP contribution in [0.25, 0.3) is 0 Å². The van der Waals surface area contributed by atoms with Gasteiger partial charge >= 0.3 is 0 Å². The average molecular weight is 285 g/mol. The van der Waals surface area contributed by atoms with Gasteiger partial charge in [0.15, 0.2) is 0 Å². The standard InChI is InChI=1S/C15H15N3O3/c1-10(20)16-12-5-2-4-11(8-12)15(21)18-14-7-3-6-13(9-19)17-14/h2-8,19H,9H2,1H3,(H,16,20)(H,17,18,21). The molecule has 0 spiro atoms. The number of aromatic nitrogens is 1. The Morgan fingerprint density at radius 1 is 1.14 bits per heavy atom. The lowest BCUT2D eigenvalue weighted by Gasteiger charge is -2.07. The van der Waals surface area contributed by atoms with Crippen molar-refractivity contribution in [1.29, 1.82) is 0 Å². The first-order valence-electron chi connectivity index (χ1n) is 6.34. The number of amides is 2. The predicted octanol–water partition coefficient (Wildman–Crippen LogP) is 1.78. The number of anilines is 2. The summed E-state index contributed by atoms with van der Waals surface area (Å²) in [6.07, 6.45) is 0. The topological polar surface area (TPSA) is 91.3 Å². The summed E-state index contributed by atoms with van der Waals surface area (Å²) in [6.45, 7) is 1.21. The van der Waals surface area contributed by atoms with E-state index in [2.05, 4.69) is 15.6 Å². The fraction of sp³-hybridized carbons (Fsp3) is 0.133. The number of pyridine rings is 1. The third-order valence-corrected chi connectivity index (χ3v) is 2.66. The van der Waals surface area contributed by atoms with Crippen molar-refractivity contribution >= 4 is 23.3 Å². The molecule has 108 valence electrons. The number of nitrogens with zero attached hydrogens (tertiary/aromatic N) is 1. The number of carbonyl (C=O) groups excluding carboxylic acids is 2. The van der Waals surface area contributed by atoms with Gasteiger partial charge in [0.25, 0.3) is 5.91 Å². The van der Waals surface area contributed by atoms with Crippen molar-refractivity contribution in [2.75, 3.05) is 10.6 Å². The van der Waals surface area contributed by atoms with Gasteiger partial charge in [0, 0.05) is 18.2 Å². The van der Waals surface area contributed by atoms with Crippen molar-refractivity contribution in [3.05, 3.63) is 53.7 Å². The van der Waals surface area contributed by atoms with E-state index in [1.165, 1.54) is 6.92 Å². The van der Waals surface area contributed by atoms with Gasteiger partial charge in [-0.1, -0.05) is 12.1 Å². The molecule has 2 aromatic rings. The molecule has 1 heterocycles. The van der Waals surface area contributed by atoms with E-state index in [1.807, 2.05) is 0 Å². The summed E-state index contributed by atoms with van der Waals surface area (Å²) in [5.41, 5.74) is 1.42. The van der Waals surface area contributed by atoms with E-state index >= 15 is 0 Å². The lowest BCUT2D eigenvalue weighted by molar-refractivity contribution is -0.114. The van der Waals surface area contributed by atoms with Crippen molar-refractivity contribution in [1.82, 2.24) is 4.98 Å². The minimum Gasteiger partial charge on any atom is -0.390 e. The molecule has 6 nitrogen and oxygen atoms in total. The number of benzene rings is 1. The summed E-state index contributed by atoms with van der Waals surface area (Å²) in [5, 5.41) is 14.3. The maximum Gasteiger partial charge on any atom is 0.256 e. The lowest BCUT2D eigenvalue weighted by atomic mass is 10.2. The van der Waals surface area contributed by atoms with Gasteiger partial charge in [0.2, 0.25) is 5.91 Å². The van der Waals surface area contributed by atoms with E-state index in [0.717, 1.165) is 0 Å². The summed E-state index contributed by atoms with van der Waals surface area (Å²) in [4.78, 5) is 27.2. The largest absolute Gasteiger partial charge is 0.390 e. The number of aliphatic hydroxyl groups excluding tert-OH is 1. The Balaban J connectivity index is 2.14. The Hall–Kier alpha value is -2.73. The van der Waals surface area contributed by atoms with Gasteiger partial charge in [-0.15, -0.1) is 0 Å². The van der Waals surface area contributed by atoms with Gasteiger partial charge in [-0.05, 0) is 30.3 Å². The van der Waals surface area contributed by atoms with Crippen LogP contribution in [0.3, 0.4) is 0 Å². The molecule has 0 saturated carbocycles. The summed E-state index contributed by atoms with van der Waals surface area (Å²) in [6, 6.07) is 11.6. The first kappa shape index (κ1) is 14.7. The first-order chi connectivity index (χ1) is 10.1. The third-order valence-electron chi connectivity index (χ3n) is 2.66. The molecule has 3 N–H and O–H groups in total. The van der Waals surface area contributed by atoms with Gasteiger partial charge in [-0.3, -0.25) is 9.59 Å². The number of carbonyl (C=O) groups is 2. The van der Waals surface area contributed by atoms with Crippen molar-refractivity contribution in [2.24, 2.45) is 0 Å². The lowest BCUT2D eigenvalue weighted by Crippen LogP contribution is -2.14. The van der Waals surface area contributed by atoms with Crippen LogP contribution in [0.1, 0.15) is 23.0 Å². The van der Waals surface area contributed by atoms with Crippen LogP contribution in [0.5, 0.6) is 0 Å². The molecule has 1 aromatic carbocycles. The molecular formula is C15H15N3O3. The first-order valence-corrected chi connectivity index (χ1v) is 6.34. The highest BCUT2D eigenvalue weighted by molar-refractivity contribution is 6.04. The van der Waals surface area contributed by atoms with Crippen LogP contribution < -0.4 is 10.6 Å². The van der Waals surface area contributed by atoms with Gasteiger partial charge < -0.3 is 15.7 Å². The highest BCUT2D eigenvalue weighted by Gasteiger charge is 2.08. The van der Waals surface area contributed by atoms with Gasteiger partial charge in [-0.25, -0.2) is 4.98 Å². The zero-order valence-electron chi connectivity index (χ0n) is 11.5. The Labute approximate surface area is 121 Å². The molecular weight excluding hydrogens is 270 g/mol. The maximum absolute atomic E-state index is 12.1. The van der Waals surface area contributed by atoms with Gasteiger partial charge in [0.05, 0.1) is 12.3 Å². The van der Waals surface area contributed by atoms with E-state index in [9.17, 15) is 9.59 Å². The highest BCUT2D eigenvalue weighted by atomic mass is 16.3. The highest BCUT2D eigenvalue weighted by Crippen LogP contribution is 2.13. The molecule has 0 saturated heterocycles. The summed E-state index contributed by atoms with van der Waals surface area (Å²) < 4.78 is 0. The number of hydrogen-bond acceptors (Lipinski definition) is 4. The second-order valence-electron chi connectivity index (χ2n) is 4.39. The number of aliphatic hydroxyl groups is 1. The number of rotatable bonds is 4. The monoisotopic (exact) mass is 285 g/mol. The molecule has 0 aliphatic heterocycles. The van der Waals surface area contributed by atoms with Crippen LogP contribution in [0.15, 0.2) is 42.5 Å². The molecule has 6 heteroatoms. The summed E-state index contributed by atoms with van der Waals surface area (Å²) >= 11 is 0. The molecule has 0 aliphatic carbocycles. The van der Waals surface area contributed by atoms with Crippen LogP contribution in [-0.4, -0.2) is 21.9 Å². The van der Waals surface area contributed by atoms with E-state index in [1.54, 1.807) is 42.5 Å². The zero-order valence-corrected chi connectivity index (χ0v) is 11.5. The summed E-state index contributed by atoms with van der Waals surface area (Å²) in [7, 11) is 0. The van der Waals surface area contributed by atoms with Crippen LogP contribution in [0.2, 0.25) is 0 Å². The van der Waals surface area contributed by atoms with Gasteiger partial charge in [0.1, 0.15) is 5.82 Å². The second-order valence-corrected chi connectivity index (χ2v) is 4.39. The zero-order chi connectivity index (χ0) is 15.2. The average Bonchev–Trinajstić information content (AvgIpc) is 2.47. The fourth-order valence-electron chi connectivity index (χ4n) is 1.77. The molecule has 0 atom stereocenters. The normalized spacial score (nSPS) is 10.0. The van der Waals surface area contributed by atoms with E-state index in [-0.39, 0.29) is 18.4 Å².